The highest BCUT2D eigenvalue weighted by atomic mass is 16.5. The van der Waals surface area contributed by atoms with Crippen LogP contribution in [-0.4, -0.2) is 35.4 Å². The van der Waals surface area contributed by atoms with E-state index in [1.54, 1.807) is 0 Å². The molecule has 1 saturated heterocycles. The van der Waals surface area contributed by atoms with Gasteiger partial charge in [0, 0.05) is 25.7 Å². The van der Waals surface area contributed by atoms with Gasteiger partial charge in [0.15, 0.2) is 0 Å². The van der Waals surface area contributed by atoms with Crippen LogP contribution in [0.25, 0.3) is 11.0 Å². The first-order valence-electron chi connectivity index (χ1n) is 7.48. The molecule has 0 radical (unpaired) electrons. The zero-order valence-electron chi connectivity index (χ0n) is 12.3. The standard InChI is InChI=1S/C16H23N3O/c1-12(14-7-10-20-11-14)17-8-9-19-13(2)18-15-5-3-4-6-16(15)19/h3-6,12,14,17H,7-11H2,1-2H3. The molecule has 1 aliphatic heterocycles. The van der Waals surface area contributed by atoms with E-state index in [1.807, 2.05) is 6.07 Å². The van der Waals surface area contributed by atoms with Gasteiger partial charge in [0.05, 0.1) is 17.6 Å². The van der Waals surface area contributed by atoms with Crippen LogP contribution in [0.5, 0.6) is 0 Å². The number of hydrogen-bond acceptors (Lipinski definition) is 3. The number of fused-ring (bicyclic) bond motifs is 1. The Bertz CT molecular complexity index is 572. The Morgan fingerprint density at radius 2 is 2.30 bits per heavy atom. The predicted octanol–water partition coefficient (Wildman–Crippen LogP) is 2.36. The van der Waals surface area contributed by atoms with Crippen molar-refractivity contribution in [2.24, 2.45) is 5.92 Å². The zero-order valence-corrected chi connectivity index (χ0v) is 12.3. The van der Waals surface area contributed by atoms with Crippen molar-refractivity contribution < 1.29 is 4.74 Å². The molecule has 0 amide bonds. The molecule has 4 heteroatoms. The van der Waals surface area contributed by atoms with Crippen molar-refractivity contribution in [1.29, 1.82) is 0 Å². The number of para-hydroxylation sites is 2. The lowest BCUT2D eigenvalue weighted by atomic mass is 10.0. The summed E-state index contributed by atoms with van der Waals surface area (Å²) in [5, 5.41) is 3.63. The molecule has 0 saturated carbocycles. The van der Waals surface area contributed by atoms with Crippen molar-refractivity contribution in [2.45, 2.75) is 32.9 Å². The molecule has 0 bridgehead atoms. The number of ether oxygens (including phenoxy) is 1. The average molecular weight is 273 g/mol. The van der Waals surface area contributed by atoms with E-state index < -0.39 is 0 Å². The van der Waals surface area contributed by atoms with E-state index >= 15 is 0 Å². The maximum Gasteiger partial charge on any atom is 0.106 e. The quantitative estimate of drug-likeness (QED) is 0.909. The molecule has 2 atom stereocenters. The number of aryl methyl sites for hydroxylation is 1. The summed E-state index contributed by atoms with van der Waals surface area (Å²) in [6.07, 6.45) is 1.18. The van der Waals surface area contributed by atoms with Gasteiger partial charge in [-0.05, 0) is 38.3 Å². The van der Waals surface area contributed by atoms with Crippen LogP contribution in [0.2, 0.25) is 0 Å². The topological polar surface area (TPSA) is 39.1 Å². The Kier molecular flexibility index (Phi) is 4.03. The predicted molar refractivity (Wildman–Crippen MR) is 80.9 cm³/mol. The van der Waals surface area contributed by atoms with Gasteiger partial charge >= 0.3 is 0 Å². The zero-order chi connectivity index (χ0) is 13.9. The van der Waals surface area contributed by atoms with E-state index in [0.717, 1.165) is 37.6 Å². The first-order chi connectivity index (χ1) is 9.75. The van der Waals surface area contributed by atoms with E-state index in [4.69, 9.17) is 4.74 Å². The smallest absolute Gasteiger partial charge is 0.106 e. The third kappa shape index (κ3) is 2.72. The van der Waals surface area contributed by atoms with Crippen molar-refractivity contribution in [3.05, 3.63) is 30.1 Å². The molecule has 1 aromatic carbocycles. The highest BCUT2D eigenvalue weighted by Crippen LogP contribution is 2.17. The molecule has 108 valence electrons. The molecular formula is C16H23N3O. The van der Waals surface area contributed by atoms with Crippen molar-refractivity contribution in [3.63, 3.8) is 0 Å². The number of rotatable bonds is 5. The summed E-state index contributed by atoms with van der Waals surface area (Å²) in [6, 6.07) is 8.85. The summed E-state index contributed by atoms with van der Waals surface area (Å²) in [6.45, 7) is 8.10. The van der Waals surface area contributed by atoms with E-state index in [9.17, 15) is 0 Å². The number of benzene rings is 1. The SMILES string of the molecule is Cc1nc2ccccc2n1CCNC(C)C1CCOC1. The third-order valence-electron chi connectivity index (χ3n) is 4.32. The highest BCUT2D eigenvalue weighted by molar-refractivity contribution is 5.75. The van der Waals surface area contributed by atoms with Gasteiger partial charge in [0.25, 0.3) is 0 Å². The normalized spacial score (nSPS) is 20.6. The van der Waals surface area contributed by atoms with Crippen molar-refractivity contribution >= 4 is 11.0 Å². The second-order valence-corrected chi connectivity index (χ2v) is 5.67. The minimum absolute atomic E-state index is 0.521. The number of imidazole rings is 1. The van der Waals surface area contributed by atoms with Gasteiger partial charge in [-0.1, -0.05) is 12.1 Å². The fourth-order valence-electron chi connectivity index (χ4n) is 3.00. The van der Waals surface area contributed by atoms with Crippen LogP contribution in [0.3, 0.4) is 0 Å². The van der Waals surface area contributed by atoms with E-state index in [-0.39, 0.29) is 0 Å². The minimum Gasteiger partial charge on any atom is -0.381 e. The monoisotopic (exact) mass is 273 g/mol. The Balaban J connectivity index is 1.61. The summed E-state index contributed by atoms with van der Waals surface area (Å²) in [5.74, 6) is 1.75. The van der Waals surface area contributed by atoms with Crippen LogP contribution in [-0.2, 0) is 11.3 Å². The van der Waals surface area contributed by atoms with Gasteiger partial charge in [0.2, 0.25) is 0 Å². The molecule has 1 fully saturated rings. The lowest BCUT2D eigenvalue weighted by Crippen LogP contribution is -2.36. The molecule has 2 unspecified atom stereocenters. The van der Waals surface area contributed by atoms with Gasteiger partial charge in [-0.15, -0.1) is 0 Å². The molecule has 20 heavy (non-hydrogen) atoms. The lowest BCUT2D eigenvalue weighted by molar-refractivity contribution is 0.178. The van der Waals surface area contributed by atoms with Crippen LogP contribution in [0, 0.1) is 12.8 Å². The number of nitrogens with zero attached hydrogens (tertiary/aromatic N) is 2. The molecule has 1 N–H and O–H groups in total. The summed E-state index contributed by atoms with van der Waals surface area (Å²) in [4.78, 5) is 4.60. The van der Waals surface area contributed by atoms with Gasteiger partial charge in [0.1, 0.15) is 5.82 Å². The average Bonchev–Trinajstić information content (AvgIpc) is 3.07. The van der Waals surface area contributed by atoms with Gasteiger partial charge < -0.3 is 14.6 Å². The number of aromatic nitrogens is 2. The molecule has 0 aliphatic carbocycles. The molecule has 0 spiro atoms. The van der Waals surface area contributed by atoms with E-state index in [1.165, 1.54) is 11.9 Å². The summed E-state index contributed by atoms with van der Waals surface area (Å²) < 4.78 is 7.74. The summed E-state index contributed by atoms with van der Waals surface area (Å²) >= 11 is 0. The molecule has 1 aromatic heterocycles. The van der Waals surface area contributed by atoms with Crippen molar-refractivity contribution in [2.75, 3.05) is 19.8 Å². The summed E-state index contributed by atoms with van der Waals surface area (Å²) in [7, 11) is 0. The lowest BCUT2D eigenvalue weighted by Gasteiger charge is -2.19. The molecular weight excluding hydrogens is 250 g/mol. The van der Waals surface area contributed by atoms with Crippen molar-refractivity contribution in [3.8, 4) is 0 Å². The molecule has 2 heterocycles. The maximum atomic E-state index is 5.45. The van der Waals surface area contributed by atoms with Crippen LogP contribution < -0.4 is 5.32 Å². The van der Waals surface area contributed by atoms with E-state index in [0.29, 0.717) is 12.0 Å². The highest BCUT2D eigenvalue weighted by Gasteiger charge is 2.21. The van der Waals surface area contributed by atoms with Crippen molar-refractivity contribution in [1.82, 2.24) is 14.9 Å². The Morgan fingerprint density at radius 1 is 1.45 bits per heavy atom. The first-order valence-corrected chi connectivity index (χ1v) is 7.48. The maximum absolute atomic E-state index is 5.45. The van der Waals surface area contributed by atoms with Gasteiger partial charge in [-0.3, -0.25) is 0 Å². The largest absolute Gasteiger partial charge is 0.381 e. The summed E-state index contributed by atoms with van der Waals surface area (Å²) in [5.41, 5.74) is 2.31. The van der Waals surface area contributed by atoms with Gasteiger partial charge in [-0.25, -0.2) is 4.98 Å². The molecule has 1 aliphatic rings. The number of hydrogen-bond donors (Lipinski definition) is 1. The Morgan fingerprint density at radius 3 is 3.10 bits per heavy atom. The Labute approximate surface area is 120 Å². The molecule has 3 rings (SSSR count). The fourth-order valence-corrected chi connectivity index (χ4v) is 3.00. The second-order valence-electron chi connectivity index (χ2n) is 5.67. The molecule has 2 aromatic rings. The first kappa shape index (κ1) is 13.6. The van der Waals surface area contributed by atoms with Crippen LogP contribution in [0.1, 0.15) is 19.2 Å². The third-order valence-corrected chi connectivity index (χ3v) is 4.32. The van der Waals surface area contributed by atoms with Crippen LogP contribution in [0.15, 0.2) is 24.3 Å². The second kappa shape index (κ2) is 5.94. The van der Waals surface area contributed by atoms with Crippen LogP contribution in [0.4, 0.5) is 0 Å². The minimum atomic E-state index is 0.521. The number of nitrogens with one attached hydrogen (secondary N) is 1. The Hall–Kier alpha value is -1.39. The van der Waals surface area contributed by atoms with E-state index in [2.05, 4.69) is 46.9 Å². The molecule has 4 nitrogen and oxygen atoms in total. The fraction of sp³-hybridized carbons (Fsp3) is 0.562. The van der Waals surface area contributed by atoms with Crippen LogP contribution >= 0.6 is 0 Å². The van der Waals surface area contributed by atoms with Gasteiger partial charge in [-0.2, -0.15) is 0 Å².